The first-order valence-electron chi connectivity index (χ1n) is 4.76. The van der Waals surface area contributed by atoms with Crippen molar-refractivity contribution in [2.45, 2.75) is 25.8 Å². The van der Waals surface area contributed by atoms with Gasteiger partial charge < -0.3 is 10.2 Å². The molecular formula is C10H16N2O2. The Morgan fingerprint density at radius 1 is 1.64 bits per heavy atom. The molecule has 1 fully saturated rings. The van der Waals surface area contributed by atoms with Gasteiger partial charge in [-0.05, 0) is 13.3 Å². The van der Waals surface area contributed by atoms with Gasteiger partial charge in [-0.25, -0.2) is 0 Å². The van der Waals surface area contributed by atoms with E-state index in [2.05, 4.69) is 11.9 Å². The van der Waals surface area contributed by atoms with Crippen LogP contribution in [0.4, 0.5) is 0 Å². The summed E-state index contributed by atoms with van der Waals surface area (Å²) >= 11 is 0. The molecule has 4 heteroatoms. The highest BCUT2D eigenvalue weighted by Gasteiger charge is 2.43. The summed E-state index contributed by atoms with van der Waals surface area (Å²) in [5, 5.41) is 2.60. The topological polar surface area (TPSA) is 49.4 Å². The third-order valence-electron chi connectivity index (χ3n) is 2.79. The predicted molar refractivity (Wildman–Crippen MR) is 53.6 cm³/mol. The molecule has 0 aliphatic carbocycles. The standard InChI is InChI=1S/C10H16N2O2/c1-4-6-12-8(13)7-11-9(14)10(12,3)5-2/h4H,1,5-7H2,2-3H3,(H,11,14). The van der Waals surface area contributed by atoms with Gasteiger partial charge in [0.15, 0.2) is 0 Å². The van der Waals surface area contributed by atoms with Crippen LogP contribution in [0.5, 0.6) is 0 Å². The van der Waals surface area contributed by atoms with Gasteiger partial charge in [0.05, 0.1) is 6.54 Å². The maximum absolute atomic E-state index is 11.6. The molecule has 1 aliphatic heterocycles. The summed E-state index contributed by atoms with van der Waals surface area (Å²) in [6.07, 6.45) is 2.25. The van der Waals surface area contributed by atoms with Crippen molar-refractivity contribution in [1.82, 2.24) is 10.2 Å². The van der Waals surface area contributed by atoms with Gasteiger partial charge in [0.2, 0.25) is 11.8 Å². The summed E-state index contributed by atoms with van der Waals surface area (Å²) in [6, 6.07) is 0. The molecule has 1 N–H and O–H groups in total. The van der Waals surface area contributed by atoms with E-state index in [1.165, 1.54) is 0 Å². The van der Waals surface area contributed by atoms with Gasteiger partial charge in [-0.2, -0.15) is 0 Å². The third-order valence-corrected chi connectivity index (χ3v) is 2.79. The van der Waals surface area contributed by atoms with Gasteiger partial charge in [0, 0.05) is 6.54 Å². The Kier molecular flexibility index (Phi) is 2.93. The number of rotatable bonds is 3. The molecule has 1 atom stereocenters. The second-order valence-corrected chi connectivity index (χ2v) is 3.60. The van der Waals surface area contributed by atoms with E-state index in [1.54, 1.807) is 17.9 Å². The summed E-state index contributed by atoms with van der Waals surface area (Å²) in [5.74, 6) is -0.129. The molecular weight excluding hydrogens is 180 g/mol. The number of carbonyl (C=O) groups excluding carboxylic acids is 2. The zero-order chi connectivity index (χ0) is 10.8. The molecule has 0 radical (unpaired) electrons. The third kappa shape index (κ3) is 1.52. The van der Waals surface area contributed by atoms with Crippen LogP contribution in [0.1, 0.15) is 20.3 Å². The zero-order valence-electron chi connectivity index (χ0n) is 8.67. The number of carbonyl (C=O) groups is 2. The average molecular weight is 196 g/mol. The van der Waals surface area contributed by atoms with Crippen LogP contribution in [0, 0.1) is 0 Å². The summed E-state index contributed by atoms with van der Waals surface area (Å²) in [5.41, 5.74) is -0.719. The molecule has 0 aromatic rings. The Balaban J connectivity index is 2.97. The monoisotopic (exact) mass is 196 g/mol. The van der Waals surface area contributed by atoms with E-state index >= 15 is 0 Å². The van der Waals surface area contributed by atoms with Crippen molar-refractivity contribution in [1.29, 1.82) is 0 Å². The van der Waals surface area contributed by atoms with Crippen molar-refractivity contribution in [2.24, 2.45) is 0 Å². The second-order valence-electron chi connectivity index (χ2n) is 3.60. The van der Waals surface area contributed by atoms with Crippen LogP contribution < -0.4 is 5.32 Å². The molecule has 1 unspecified atom stereocenters. The summed E-state index contributed by atoms with van der Waals surface area (Å²) in [7, 11) is 0. The molecule has 4 nitrogen and oxygen atoms in total. The molecule has 0 aromatic heterocycles. The van der Waals surface area contributed by atoms with Crippen LogP contribution in [0.25, 0.3) is 0 Å². The highest BCUT2D eigenvalue weighted by molar-refractivity contribution is 5.97. The molecule has 0 spiro atoms. The molecule has 2 amide bonds. The highest BCUT2D eigenvalue weighted by atomic mass is 16.2. The van der Waals surface area contributed by atoms with E-state index in [0.29, 0.717) is 13.0 Å². The summed E-state index contributed by atoms with van der Waals surface area (Å²) < 4.78 is 0. The van der Waals surface area contributed by atoms with Crippen molar-refractivity contribution in [3.05, 3.63) is 12.7 Å². The molecule has 78 valence electrons. The minimum absolute atomic E-state index is 0.0474. The number of nitrogens with zero attached hydrogens (tertiary/aromatic N) is 1. The van der Waals surface area contributed by atoms with Crippen LogP contribution in [0.3, 0.4) is 0 Å². The van der Waals surface area contributed by atoms with E-state index in [4.69, 9.17) is 0 Å². The molecule has 14 heavy (non-hydrogen) atoms. The molecule has 0 saturated carbocycles. The Labute approximate surface area is 84.0 Å². The molecule has 1 aliphatic rings. The summed E-state index contributed by atoms with van der Waals surface area (Å²) in [6.45, 7) is 7.79. The minimum Gasteiger partial charge on any atom is -0.345 e. The van der Waals surface area contributed by atoms with Crippen LogP contribution in [-0.4, -0.2) is 35.3 Å². The van der Waals surface area contributed by atoms with Crippen molar-refractivity contribution in [3.8, 4) is 0 Å². The Morgan fingerprint density at radius 3 is 2.79 bits per heavy atom. The van der Waals surface area contributed by atoms with Crippen molar-refractivity contribution >= 4 is 11.8 Å². The lowest BCUT2D eigenvalue weighted by Crippen LogP contribution is -2.65. The normalized spacial score (nSPS) is 27.4. The van der Waals surface area contributed by atoms with E-state index in [0.717, 1.165) is 0 Å². The van der Waals surface area contributed by atoms with Crippen LogP contribution in [0.2, 0.25) is 0 Å². The Morgan fingerprint density at radius 2 is 2.29 bits per heavy atom. The van der Waals surface area contributed by atoms with Crippen LogP contribution in [-0.2, 0) is 9.59 Å². The quantitative estimate of drug-likeness (QED) is 0.660. The molecule has 0 bridgehead atoms. The van der Waals surface area contributed by atoms with E-state index < -0.39 is 5.54 Å². The van der Waals surface area contributed by atoms with Crippen molar-refractivity contribution in [2.75, 3.05) is 13.1 Å². The second kappa shape index (κ2) is 3.82. The highest BCUT2D eigenvalue weighted by Crippen LogP contribution is 2.22. The number of nitrogens with one attached hydrogen (secondary N) is 1. The summed E-state index contributed by atoms with van der Waals surface area (Å²) in [4.78, 5) is 24.8. The maximum Gasteiger partial charge on any atom is 0.246 e. The SMILES string of the molecule is C=CCN1C(=O)CNC(=O)C1(C)CC. The first kappa shape index (κ1) is 10.8. The number of hydrogen-bond donors (Lipinski definition) is 1. The Hall–Kier alpha value is -1.32. The van der Waals surface area contributed by atoms with Gasteiger partial charge in [-0.1, -0.05) is 13.0 Å². The van der Waals surface area contributed by atoms with Gasteiger partial charge in [0.1, 0.15) is 5.54 Å². The fraction of sp³-hybridized carbons (Fsp3) is 0.600. The number of piperazine rings is 1. The molecule has 0 aromatic carbocycles. The van der Waals surface area contributed by atoms with Crippen molar-refractivity contribution in [3.63, 3.8) is 0 Å². The first-order valence-corrected chi connectivity index (χ1v) is 4.76. The fourth-order valence-corrected chi connectivity index (χ4v) is 1.62. The minimum atomic E-state index is -0.719. The lowest BCUT2D eigenvalue weighted by Gasteiger charge is -2.42. The number of amides is 2. The smallest absolute Gasteiger partial charge is 0.246 e. The fourth-order valence-electron chi connectivity index (χ4n) is 1.62. The van der Waals surface area contributed by atoms with Gasteiger partial charge in [-0.15, -0.1) is 6.58 Å². The van der Waals surface area contributed by atoms with E-state index in [1.807, 2.05) is 6.92 Å². The molecule has 1 saturated heterocycles. The Bertz CT molecular complexity index is 275. The zero-order valence-corrected chi connectivity index (χ0v) is 8.67. The van der Waals surface area contributed by atoms with E-state index in [9.17, 15) is 9.59 Å². The van der Waals surface area contributed by atoms with Gasteiger partial charge >= 0.3 is 0 Å². The van der Waals surface area contributed by atoms with Gasteiger partial charge in [-0.3, -0.25) is 9.59 Å². The molecule has 1 rings (SSSR count). The number of hydrogen-bond acceptors (Lipinski definition) is 2. The van der Waals surface area contributed by atoms with Gasteiger partial charge in [0.25, 0.3) is 0 Å². The maximum atomic E-state index is 11.6. The lowest BCUT2D eigenvalue weighted by atomic mass is 9.92. The first-order chi connectivity index (χ1) is 6.56. The van der Waals surface area contributed by atoms with E-state index in [-0.39, 0.29) is 18.4 Å². The van der Waals surface area contributed by atoms with Crippen LogP contribution >= 0.6 is 0 Å². The largest absolute Gasteiger partial charge is 0.345 e. The average Bonchev–Trinajstić information content (AvgIpc) is 2.19. The predicted octanol–water partition coefficient (Wildman–Crippen LogP) is 0.299. The van der Waals surface area contributed by atoms with Crippen molar-refractivity contribution < 1.29 is 9.59 Å². The van der Waals surface area contributed by atoms with Crippen LogP contribution in [0.15, 0.2) is 12.7 Å². The molecule has 1 heterocycles. The lowest BCUT2D eigenvalue weighted by molar-refractivity contribution is -0.152.